The summed E-state index contributed by atoms with van der Waals surface area (Å²) < 4.78 is 10.2. The van der Waals surface area contributed by atoms with Crippen molar-refractivity contribution in [3.8, 4) is 0 Å². The van der Waals surface area contributed by atoms with E-state index in [2.05, 4.69) is 5.32 Å². The molecule has 1 atom stereocenters. The number of amides is 2. The zero-order valence-electron chi connectivity index (χ0n) is 11.0. The van der Waals surface area contributed by atoms with E-state index in [-0.39, 0.29) is 12.5 Å². The maximum atomic E-state index is 12.2. The van der Waals surface area contributed by atoms with Crippen molar-refractivity contribution in [3.05, 3.63) is 0 Å². The maximum absolute atomic E-state index is 12.2. The number of nitrogens with one attached hydrogen (secondary N) is 1. The molecule has 106 valence electrons. The maximum Gasteiger partial charge on any atom is 0.407 e. The van der Waals surface area contributed by atoms with E-state index >= 15 is 0 Å². The molecule has 0 aliphatic carbocycles. The van der Waals surface area contributed by atoms with Gasteiger partial charge >= 0.3 is 6.09 Å². The van der Waals surface area contributed by atoms with Gasteiger partial charge in [0.1, 0.15) is 12.6 Å². The van der Waals surface area contributed by atoms with Crippen molar-refractivity contribution in [1.29, 1.82) is 0 Å². The fourth-order valence-electron chi connectivity index (χ4n) is 3.24. The summed E-state index contributed by atoms with van der Waals surface area (Å²) >= 11 is 0. The summed E-state index contributed by atoms with van der Waals surface area (Å²) in [5, 5.41) is 2.55. The van der Waals surface area contributed by atoms with Crippen LogP contribution >= 0.6 is 0 Å². The van der Waals surface area contributed by atoms with Gasteiger partial charge in [-0.25, -0.2) is 4.79 Å². The van der Waals surface area contributed by atoms with Gasteiger partial charge in [-0.15, -0.1) is 0 Å². The minimum Gasteiger partial charge on any atom is -0.447 e. The minimum absolute atomic E-state index is 0.00670. The van der Waals surface area contributed by atoms with Crippen LogP contribution in [0.3, 0.4) is 0 Å². The number of carbonyl (C=O) groups is 2. The van der Waals surface area contributed by atoms with Gasteiger partial charge in [-0.1, -0.05) is 0 Å². The van der Waals surface area contributed by atoms with E-state index in [1.807, 2.05) is 4.90 Å². The van der Waals surface area contributed by atoms with Crippen molar-refractivity contribution in [2.45, 2.75) is 31.7 Å². The molecule has 3 rings (SSSR count). The number of carbonyl (C=O) groups excluding carboxylic acids is 2. The van der Waals surface area contributed by atoms with Crippen molar-refractivity contribution in [3.63, 3.8) is 0 Å². The summed E-state index contributed by atoms with van der Waals surface area (Å²) in [7, 11) is 0. The first kappa shape index (κ1) is 12.7. The Morgan fingerprint density at radius 3 is 2.47 bits per heavy atom. The molecule has 3 saturated heterocycles. The molecule has 19 heavy (non-hydrogen) atoms. The second kappa shape index (κ2) is 5.00. The fourth-order valence-corrected chi connectivity index (χ4v) is 3.24. The highest BCUT2D eigenvalue weighted by molar-refractivity contribution is 5.87. The summed E-state index contributed by atoms with van der Waals surface area (Å²) in [5.74, 6) is -0.00670. The van der Waals surface area contributed by atoms with Gasteiger partial charge in [-0.3, -0.25) is 4.79 Å². The molecule has 3 heterocycles. The standard InChI is InChI=1S/C13H20N2O4/c16-11(10-9-19-12(17)14-10)15-5-1-13(2-6-15)3-7-18-8-4-13/h10H,1-9H2,(H,14,17). The normalized spacial score (nSPS) is 30.0. The summed E-state index contributed by atoms with van der Waals surface area (Å²) in [6.07, 6.45) is 3.82. The smallest absolute Gasteiger partial charge is 0.407 e. The van der Waals surface area contributed by atoms with Crippen LogP contribution < -0.4 is 5.32 Å². The van der Waals surface area contributed by atoms with Gasteiger partial charge in [0.15, 0.2) is 0 Å². The molecule has 2 amide bonds. The zero-order valence-corrected chi connectivity index (χ0v) is 11.0. The van der Waals surface area contributed by atoms with Gasteiger partial charge in [0.25, 0.3) is 0 Å². The molecule has 1 spiro atoms. The SMILES string of the molecule is O=C1NC(C(=O)N2CCC3(CCOCC3)CC2)CO1. The molecule has 3 fully saturated rings. The summed E-state index contributed by atoms with van der Waals surface area (Å²) in [6.45, 7) is 3.42. The lowest BCUT2D eigenvalue weighted by Crippen LogP contribution is -2.51. The highest BCUT2D eigenvalue weighted by Crippen LogP contribution is 2.40. The molecule has 0 bridgehead atoms. The molecule has 0 radical (unpaired) electrons. The van der Waals surface area contributed by atoms with Crippen molar-refractivity contribution < 1.29 is 19.1 Å². The van der Waals surface area contributed by atoms with Gasteiger partial charge in [0.05, 0.1) is 0 Å². The molecule has 3 aliphatic heterocycles. The lowest BCUT2D eigenvalue weighted by Gasteiger charge is -2.44. The van der Waals surface area contributed by atoms with E-state index in [0.717, 1.165) is 52.0 Å². The molecule has 3 aliphatic rings. The molecular formula is C13H20N2O4. The quantitative estimate of drug-likeness (QED) is 0.752. The van der Waals surface area contributed by atoms with Crippen LogP contribution in [-0.2, 0) is 14.3 Å². The van der Waals surface area contributed by atoms with Gasteiger partial charge in [0, 0.05) is 26.3 Å². The van der Waals surface area contributed by atoms with Crippen LogP contribution in [-0.4, -0.2) is 55.9 Å². The number of alkyl carbamates (subject to hydrolysis) is 1. The number of ether oxygens (including phenoxy) is 2. The number of hydrogen-bond donors (Lipinski definition) is 1. The Bertz CT molecular complexity index is 369. The van der Waals surface area contributed by atoms with Crippen molar-refractivity contribution >= 4 is 12.0 Å². The molecule has 0 saturated carbocycles. The number of rotatable bonds is 1. The van der Waals surface area contributed by atoms with Crippen molar-refractivity contribution in [2.75, 3.05) is 32.9 Å². The highest BCUT2D eigenvalue weighted by atomic mass is 16.6. The monoisotopic (exact) mass is 268 g/mol. The van der Waals surface area contributed by atoms with E-state index in [4.69, 9.17) is 9.47 Å². The van der Waals surface area contributed by atoms with E-state index < -0.39 is 12.1 Å². The number of likely N-dealkylation sites (tertiary alicyclic amines) is 1. The van der Waals surface area contributed by atoms with Crippen LogP contribution in [0.5, 0.6) is 0 Å². The largest absolute Gasteiger partial charge is 0.447 e. The Morgan fingerprint density at radius 2 is 1.89 bits per heavy atom. The molecule has 0 aromatic heterocycles. The number of cyclic esters (lactones) is 1. The van der Waals surface area contributed by atoms with Crippen LogP contribution in [0.15, 0.2) is 0 Å². The minimum atomic E-state index is -0.490. The summed E-state index contributed by atoms with van der Waals surface area (Å²) in [6, 6.07) is -0.490. The third kappa shape index (κ3) is 2.54. The summed E-state index contributed by atoms with van der Waals surface area (Å²) in [5.41, 5.74) is 0.379. The third-order valence-corrected chi connectivity index (χ3v) is 4.66. The van der Waals surface area contributed by atoms with Crippen LogP contribution in [0.2, 0.25) is 0 Å². The van der Waals surface area contributed by atoms with Crippen molar-refractivity contribution in [1.82, 2.24) is 10.2 Å². The molecule has 1 unspecified atom stereocenters. The molecule has 1 N–H and O–H groups in total. The Kier molecular flexibility index (Phi) is 3.35. The van der Waals surface area contributed by atoms with Gasteiger partial charge in [-0.05, 0) is 31.1 Å². The Labute approximate surface area is 112 Å². The first-order valence-corrected chi connectivity index (χ1v) is 6.98. The zero-order chi connectivity index (χ0) is 13.3. The van der Waals surface area contributed by atoms with Crippen LogP contribution in [0.1, 0.15) is 25.7 Å². The first-order chi connectivity index (χ1) is 9.19. The van der Waals surface area contributed by atoms with Crippen molar-refractivity contribution in [2.24, 2.45) is 5.41 Å². The van der Waals surface area contributed by atoms with E-state index in [9.17, 15) is 9.59 Å². The molecule has 6 nitrogen and oxygen atoms in total. The van der Waals surface area contributed by atoms with Gasteiger partial charge in [-0.2, -0.15) is 0 Å². The molecule has 0 aromatic carbocycles. The van der Waals surface area contributed by atoms with Gasteiger partial charge < -0.3 is 19.7 Å². The molecular weight excluding hydrogens is 248 g/mol. The lowest BCUT2D eigenvalue weighted by molar-refractivity contribution is -0.136. The van der Waals surface area contributed by atoms with E-state index in [1.54, 1.807) is 0 Å². The average Bonchev–Trinajstić information content (AvgIpc) is 2.87. The predicted octanol–water partition coefficient (Wildman–Crippen LogP) is 0.514. The molecule has 6 heteroatoms. The van der Waals surface area contributed by atoms with Crippen LogP contribution in [0.4, 0.5) is 4.79 Å². The number of hydrogen-bond acceptors (Lipinski definition) is 4. The van der Waals surface area contributed by atoms with E-state index in [0.29, 0.717) is 5.41 Å². The van der Waals surface area contributed by atoms with Gasteiger partial charge in [0.2, 0.25) is 5.91 Å². The Balaban J connectivity index is 1.54. The highest BCUT2D eigenvalue weighted by Gasteiger charge is 2.39. The Hall–Kier alpha value is -1.30. The Morgan fingerprint density at radius 1 is 1.21 bits per heavy atom. The predicted molar refractivity (Wildman–Crippen MR) is 66.6 cm³/mol. The number of nitrogens with zero attached hydrogens (tertiary/aromatic N) is 1. The average molecular weight is 268 g/mol. The van der Waals surface area contributed by atoms with Crippen LogP contribution in [0, 0.1) is 5.41 Å². The lowest BCUT2D eigenvalue weighted by atomic mass is 9.72. The van der Waals surface area contributed by atoms with Crippen LogP contribution in [0.25, 0.3) is 0 Å². The second-order valence-electron chi connectivity index (χ2n) is 5.73. The topological polar surface area (TPSA) is 67.9 Å². The fraction of sp³-hybridized carbons (Fsp3) is 0.846. The summed E-state index contributed by atoms with van der Waals surface area (Å²) in [4.78, 5) is 25.1. The number of piperidine rings is 1. The first-order valence-electron chi connectivity index (χ1n) is 6.98. The molecule has 0 aromatic rings. The second-order valence-corrected chi connectivity index (χ2v) is 5.73. The van der Waals surface area contributed by atoms with E-state index in [1.165, 1.54) is 0 Å². The third-order valence-electron chi connectivity index (χ3n) is 4.66.